The molecule has 0 radical (unpaired) electrons. The molecule has 2 aromatic carbocycles. The number of nitro benzene ring substituents is 1. The number of sulfonamides is 1. The van der Waals surface area contributed by atoms with E-state index in [-0.39, 0.29) is 65.8 Å². The van der Waals surface area contributed by atoms with Crippen molar-refractivity contribution in [2.24, 2.45) is 10.9 Å². The summed E-state index contributed by atoms with van der Waals surface area (Å²) >= 11 is 0. The standard InChI is InChI=1S/C36H46N10O10S/c1-6-45-29(16-22(2)42-45)33(48)41-34-40-26-19-25(57(38,52)53)10-11-27(26)44(34)13-8-7-12-39-31-28(46(50)51)17-23(32(37)47)18-30(31)55-15-9-14-54-24-20-43(21-24)35(49)56-36(3,4)5/h7-8,10-11,16-19,24,39H,6,9,12-15,20-21H2,1-5H3,(H2,37,47)(H2,38,52,53)(H,40,41,48)/b8-7+. The topological polar surface area (TPSA) is 271 Å². The lowest BCUT2D eigenvalue weighted by molar-refractivity contribution is -0.384. The van der Waals surface area contributed by atoms with Crippen LogP contribution in [0.2, 0.25) is 0 Å². The number of amides is 3. The van der Waals surface area contributed by atoms with E-state index in [4.69, 9.17) is 25.1 Å². The van der Waals surface area contributed by atoms with Crippen LogP contribution in [0.1, 0.15) is 60.7 Å². The summed E-state index contributed by atoms with van der Waals surface area (Å²) < 4.78 is 44.3. The second kappa shape index (κ2) is 17.4. The van der Waals surface area contributed by atoms with Gasteiger partial charge in [-0.3, -0.25) is 29.7 Å². The fraction of sp³-hybridized carbons (Fsp3) is 0.417. The van der Waals surface area contributed by atoms with E-state index in [1.54, 1.807) is 60.1 Å². The fourth-order valence-corrected chi connectivity index (χ4v) is 6.35. The number of aromatic nitrogens is 4. The highest BCUT2D eigenvalue weighted by atomic mass is 32.2. The van der Waals surface area contributed by atoms with Gasteiger partial charge in [-0.1, -0.05) is 12.2 Å². The number of hydrogen-bond donors (Lipinski definition) is 4. The number of imidazole rings is 1. The molecule has 0 bridgehead atoms. The molecule has 3 amide bonds. The van der Waals surface area contributed by atoms with Crippen LogP contribution in [-0.2, 0) is 32.6 Å². The molecule has 21 heteroatoms. The van der Waals surface area contributed by atoms with Crippen molar-refractivity contribution in [1.29, 1.82) is 0 Å². The number of nitrogens with two attached hydrogens (primary N) is 2. The molecule has 306 valence electrons. The number of nitro groups is 1. The summed E-state index contributed by atoms with van der Waals surface area (Å²) in [5.41, 5.74) is 6.04. The quantitative estimate of drug-likeness (QED) is 0.0515. The number of likely N-dealkylation sites (tertiary alicyclic amines) is 1. The maximum atomic E-state index is 13.3. The molecule has 3 heterocycles. The van der Waals surface area contributed by atoms with E-state index in [2.05, 4.69) is 20.7 Å². The molecule has 0 spiro atoms. The third-order valence-electron chi connectivity index (χ3n) is 8.52. The molecule has 1 aliphatic rings. The monoisotopic (exact) mass is 810 g/mol. The molecule has 1 fully saturated rings. The number of anilines is 2. The SMILES string of the molecule is CCn1nc(C)cc1C(=O)Nc1nc2cc(S(N)(=O)=O)ccc2n1C/C=C/CNc1c(OCCCOC2CN(C(=O)OC(C)(C)C)C2)cc(C(N)=O)cc1[N+](=O)[O-]. The lowest BCUT2D eigenvalue weighted by atomic mass is 10.1. The van der Waals surface area contributed by atoms with Crippen molar-refractivity contribution in [1.82, 2.24) is 24.2 Å². The number of rotatable bonds is 17. The van der Waals surface area contributed by atoms with Crippen LogP contribution in [0.5, 0.6) is 5.75 Å². The minimum atomic E-state index is -4.04. The van der Waals surface area contributed by atoms with Gasteiger partial charge >= 0.3 is 6.09 Å². The largest absolute Gasteiger partial charge is 0.491 e. The highest BCUT2D eigenvalue weighted by Crippen LogP contribution is 2.36. The van der Waals surface area contributed by atoms with E-state index < -0.39 is 44.1 Å². The average Bonchev–Trinajstić information content (AvgIpc) is 3.66. The molecule has 1 aliphatic heterocycles. The highest BCUT2D eigenvalue weighted by molar-refractivity contribution is 7.89. The molecule has 0 atom stereocenters. The van der Waals surface area contributed by atoms with Gasteiger partial charge in [0, 0.05) is 37.7 Å². The number of nitrogens with zero attached hydrogens (tertiary/aromatic N) is 6. The molecular weight excluding hydrogens is 765 g/mol. The molecular formula is C36H46N10O10S. The number of hydrogen-bond acceptors (Lipinski definition) is 13. The lowest BCUT2D eigenvalue weighted by Gasteiger charge is -2.39. The second-order valence-electron chi connectivity index (χ2n) is 14.1. The maximum Gasteiger partial charge on any atom is 0.410 e. The van der Waals surface area contributed by atoms with Crippen LogP contribution in [0, 0.1) is 17.0 Å². The summed E-state index contributed by atoms with van der Waals surface area (Å²) in [6.45, 7) is 10.8. The predicted molar refractivity (Wildman–Crippen MR) is 209 cm³/mol. The van der Waals surface area contributed by atoms with Crippen LogP contribution in [-0.4, -0.2) is 100 Å². The molecule has 2 aromatic heterocycles. The Hall–Kier alpha value is -6.06. The molecule has 57 heavy (non-hydrogen) atoms. The normalized spacial score (nSPS) is 13.5. The zero-order chi connectivity index (χ0) is 41.7. The van der Waals surface area contributed by atoms with Crippen LogP contribution >= 0.6 is 0 Å². The summed E-state index contributed by atoms with van der Waals surface area (Å²) in [6, 6.07) is 8.17. The second-order valence-corrected chi connectivity index (χ2v) is 15.7. The number of carbonyl (C=O) groups is 3. The summed E-state index contributed by atoms with van der Waals surface area (Å²) in [7, 11) is -4.04. The van der Waals surface area contributed by atoms with E-state index >= 15 is 0 Å². The van der Waals surface area contributed by atoms with Gasteiger partial charge in [0.15, 0.2) is 5.69 Å². The van der Waals surface area contributed by atoms with Gasteiger partial charge in [-0.15, -0.1) is 0 Å². The van der Waals surface area contributed by atoms with Crippen LogP contribution in [0.15, 0.2) is 53.4 Å². The minimum absolute atomic E-state index is 0.0157. The van der Waals surface area contributed by atoms with Crippen molar-refractivity contribution in [3.8, 4) is 5.75 Å². The minimum Gasteiger partial charge on any atom is -0.491 e. The van der Waals surface area contributed by atoms with E-state index in [1.165, 1.54) is 24.3 Å². The summed E-state index contributed by atoms with van der Waals surface area (Å²) in [5, 5.41) is 27.5. The van der Waals surface area contributed by atoms with Crippen molar-refractivity contribution >= 4 is 56.3 Å². The number of carbonyl (C=O) groups excluding carboxylic acids is 3. The van der Waals surface area contributed by atoms with Gasteiger partial charge < -0.3 is 34.7 Å². The molecule has 4 aromatic rings. The number of fused-ring (bicyclic) bond motifs is 1. The third kappa shape index (κ3) is 10.6. The zero-order valence-electron chi connectivity index (χ0n) is 32.2. The van der Waals surface area contributed by atoms with Gasteiger partial charge in [0.25, 0.3) is 11.6 Å². The molecule has 0 aliphatic carbocycles. The number of benzene rings is 2. The van der Waals surface area contributed by atoms with E-state index in [0.29, 0.717) is 43.0 Å². The van der Waals surface area contributed by atoms with Crippen LogP contribution < -0.4 is 26.2 Å². The smallest absolute Gasteiger partial charge is 0.410 e. The van der Waals surface area contributed by atoms with Gasteiger partial charge in [-0.25, -0.2) is 23.3 Å². The fourth-order valence-electron chi connectivity index (χ4n) is 5.81. The predicted octanol–water partition coefficient (Wildman–Crippen LogP) is 3.54. The first kappa shape index (κ1) is 42.1. The molecule has 20 nitrogen and oxygen atoms in total. The molecule has 5 rings (SSSR count). The first-order valence-corrected chi connectivity index (χ1v) is 19.5. The maximum absolute atomic E-state index is 13.3. The van der Waals surface area contributed by atoms with Crippen molar-refractivity contribution in [2.75, 3.05) is 43.5 Å². The molecule has 6 N–H and O–H groups in total. The summed E-state index contributed by atoms with van der Waals surface area (Å²) in [6.07, 6.45) is 3.21. The first-order valence-electron chi connectivity index (χ1n) is 18.0. The number of primary sulfonamides is 1. The van der Waals surface area contributed by atoms with Gasteiger partial charge in [0.2, 0.25) is 21.9 Å². The third-order valence-corrected chi connectivity index (χ3v) is 9.43. The summed E-state index contributed by atoms with van der Waals surface area (Å²) in [5.74, 6) is -1.21. The van der Waals surface area contributed by atoms with Crippen molar-refractivity contribution in [3.05, 3.63) is 75.6 Å². The Bertz CT molecular complexity index is 2310. The first-order chi connectivity index (χ1) is 26.8. The number of primary amides is 1. The van der Waals surface area contributed by atoms with Crippen LogP contribution in [0.4, 0.5) is 22.1 Å². The van der Waals surface area contributed by atoms with Gasteiger partial charge in [-0.05, 0) is 65.0 Å². The van der Waals surface area contributed by atoms with Crippen molar-refractivity contribution in [2.45, 2.75) is 70.7 Å². The van der Waals surface area contributed by atoms with Gasteiger partial charge in [0.05, 0.1) is 59.0 Å². The van der Waals surface area contributed by atoms with E-state index in [0.717, 1.165) is 6.07 Å². The number of nitrogens with one attached hydrogen (secondary N) is 2. The highest BCUT2D eigenvalue weighted by Gasteiger charge is 2.34. The Kier molecular flexibility index (Phi) is 12.8. The van der Waals surface area contributed by atoms with Crippen molar-refractivity contribution in [3.63, 3.8) is 0 Å². The Balaban J connectivity index is 1.27. The Labute approximate surface area is 328 Å². The summed E-state index contributed by atoms with van der Waals surface area (Å²) in [4.78, 5) is 54.8. The van der Waals surface area contributed by atoms with E-state index in [1.807, 2.05) is 6.92 Å². The molecule has 1 saturated heterocycles. The van der Waals surface area contributed by atoms with Crippen molar-refractivity contribution < 1.29 is 41.9 Å². The van der Waals surface area contributed by atoms with Gasteiger partial charge in [0.1, 0.15) is 17.0 Å². The Morgan fingerprint density at radius 3 is 2.49 bits per heavy atom. The average molecular weight is 811 g/mol. The number of aryl methyl sites for hydroxylation is 2. The van der Waals surface area contributed by atoms with E-state index in [9.17, 15) is 32.9 Å². The molecule has 0 unspecified atom stereocenters. The number of allylic oxidation sites excluding steroid dienone is 1. The number of ether oxygens (including phenoxy) is 3. The van der Waals surface area contributed by atoms with Gasteiger partial charge in [-0.2, -0.15) is 5.10 Å². The van der Waals surface area contributed by atoms with Crippen LogP contribution in [0.25, 0.3) is 11.0 Å². The Morgan fingerprint density at radius 1 is 1.11 bits per heavy atom. The molecule has 0 saturated carbocycles. The zero-order valence-corrected chi connectivity index (χ0v) is 33.0. The van der Waals surface area contributed by atoms with Crippen LogP contribution in [0.3, 0.4) is 0 Å². The lowest BCUT2D eigenvalue weighted by Crippen LogP contribution is -2.56. The Morgan fingerprint density at radius 2 is 1.84 bits per heavy atom.